The second-order valence-corrected chi connectivity index (χ2v) is 5.62. The summed E-state index contributed by atoms with van der Waals surface area (Å²) in [6, 6.07) is 3.79. The number of aromatic nitrogens is 2. The maximum absolute atomic E-state index is 10.4. The minimum atomic E-state index is -0.865. The second kappa shape index (κ2) is 5.87. The third kappa shape index (κ3) is 3.74. The summed E-state index contributed by atoms with van der Waals surface area (Å²) in [4.78, 5) is 10.4. The van der Waals surface area contributed by atoms with Crippen molar-refractivity contribution in [3.63, 3.8) is 0 Å². The van der Waals surface area contributed by atoms with E-state index in [4.69, 9.17) is 9.52 Å². The molecule has 0 aliphatic heterocycles. The molecule has 6 nitrogen and oxygen atoms in total. The Morgan fingerprint density at radius 3 is 3.06 bits per heavy atom. The lowest BCUT2D eigenvalue weighted by Gasteiger charge is -1.97. The number of hydrogen-bond acceptors (Lipinski definition) is 7. The highest BCUT2D eigenvalue weighted by Crippen LogP contribution is 2.25. The van der Waals surface area contributed by atoms with Crippen LogP contribution in [0.4, 0.5) is 5.13 Å². The molecule has 0 atom stereocenters. The summed E-state index contributed by atoms with van der Waals surface area (Å²) in [5.74, 6) is 0.811. The number of carbonyl (C=O) groups is 1. The number of nitrogens with zero attached hydrogens (tertiary/aromatic N) is 2. The first-order valence-electron chi connectivity index (χ1n) is 5.11. The second-order valence-electron chi connectivity index (χ2n) is 3.42. The average Bonchev–Trinajstić information content (AvgIpc) is 2.93. The van der Waals surface area contributed by atoms with Gasteiger partial charge in [-0.25, -0.2) is 0 Å². The van der Waals surface area contributed by atoms with Crippen molar-refractivity contribution >= 4 is 34.2 Å². The molecule has 8 heteroatoms. The number of thioether (sulfide) groups is 1. The number of anilines is 1. The Kier molecular flexibility index (Phi) is 4.21. The predicted molar refractivity (Wildman–Crippen MR) is 69.0 cm³/mol. The van der Waals surface area contributed by atoms with Crippen molar-refractivity contribution < 1.29 is 14.3 Å². The number of carboxylic acids is 1. The highest BCUT2D eigenvalue weighted by Gasteiger charge is 2.07. The highest BCUT2D eigenvalue weighted by atomic mass is 32.2. The van der Waals surface area contributed by atoms with Gasteiger partial charge in [0.1, 0.15) is 11.5 Å². The number of rotatable bonds is 6. The largest absolute Gasteiger partial charge is 0.481 e. The molecule has 0 spiro atoms. The Bertz CT molecular complexity index is 538. The molecule has 0 saturated carbocycles. The molecule has 0 amide bonds. The number of nitrogens with one attached hydrogen (secondary N) is 1. The van der Waals surface area contributed by atoms with Crippen LogP contribution in [0.2, 0.25) is 0 Å². The van der Waals surface area contributed by atoms with Gasteiger partial charge in [-0.1, -0.05) is 23.1 Å². The van der Waals surface area contributed by atoms with E-state index in [1.807, 2.05) is 19.1 Å². The molecule has 96 valence electrons. The molecule has 18 heavy (non-hydrogen) atoms. The van der Waals surface area contributed by atoms with E-state index in [-0.39, 0.29) is 5.75 Å². The third-order valence-electron chi connectivity index (χ3n) is 1.94. The lowest BCUT2D eigenvalue weighted by atomic mass is 10.4. The zero-order valence-electron chi connectivity index (χ0n) is 9.54. The van der Waals surface area contributed by atoms with Gasteiger partial charge < -0.3 is 14.8 Å². The Morgan fingerprint density at radius 2 is 2.39 bits per heavy atom. The molecule has 2 N–H and O–H groups in total. The summed E-state index contributed by atoms with van der Waals surface area (Å²) < 4.78 is 6.04. The van der Waals surface area contributed by atoms with E-state index in [9.17, 15) is 4.79 Å². The minimum Gasteiger partial charge on any atom is -0.481 e. The van der Waals surface area contributed by atoms with Gasteiger partial charge in [-0.15, -0.1) is 10.2 Å². The number of hydrogen-bond donors (Lipinski definition) is 2. The van der Waals surface area contributed by atoms with Crippen molar-refractivity contribution in [1.29, 1.82) is 0 Å². The van der Waals surface area contributed by atoms with Crippen LogP contribution in [0.3, 0.4) is 0 Å². The number of aryl methyl sites for hydroxylation is 1. The van der Waals surface area contributed by atoms with Crippen LogP contribution in [-0.4, -0.2) is 27.0 Å². The third-order valence-corrected chi connectivity index (χ3v) is 3.93. The molecule has 2 aromatic rings. The fourth-order valence-corrected chi connectivity index (χ4v) is 2.67. The van der Waals surface area contributed by atoms with Crippen molar-refractivity contribution in [3.05, 3.63) is 23.7 Å². The van der Waals surface area contributed by atoms with E-state index in [1.54, 1.807) is 0 Å². The molecule has 0 fully saturated rings. The van der Waals surface area contributed by atoms with E-state index in [2.05, 4.69) is 15.5 Å². The summed E-state index contributed by atoms with van der Waals surface area (Å²) in [7, 11) is 0. The molecule has 0 radical (unpaired) electrons. The van der Waals surface area contributed by atoms with Crippen molar-refractivity contribution in [2.45, 2.75) is 17.8 Å². The summed E-state index contributed by atoms with van der Waals surface area (Å²) in [6.07, 6.45) is 0. The zero-order chi connectivity index (χ0) is 13.0. The normalized spacial score (nSPS) is 10.5. The van der Waals surface area contributed by atoms with Crippen molar-refractivity contribution in [1.82, 2.24) is 10.2 Å². The van der Waals surface area contributed by atoms with Gasteiger partial charge in [-0.2, -0.15) is 0 Å². The van der Waals surface area contributed by atoms with Gasteiger partial charge in [0.05, 0.1) is 12.3 Å². The fourth-order valence-electron chi connectivity index (χ4n) is 1.21. The molecule has 0 aliphatic carbocycles. The standard InChI is InChI=1S/C10H11N3O3S2/c1-6-2-3-7(16-6)4-11-9-12-13-10(18-9)17-5-8(14)15/h2-3H,4-5H2,1H3,(H,11,12)(H,14,15). The Labute approximate surface area is 111 Å². The van der Waals surface area contributed by atoms with Crippen LogP contribution >= 0.6 is 23.1 Å². The van der Waals surface area contributed by atoms with E-state index in [0.29, 0.717) is 16.0 Å². The van der Waals surface area contributed by atoms with Gasteiger partial charge in [0.2, 0.25) is 5.13 Å². The van der Waals surface area contributed by atoms with E-state index < -0.39 is 5.97 Å². The van der Waals surface area contributed by atoms with Crippen LogP contribution in [0.15, 0.2) is 20.9 Å². The van der Waals surface area contributed by atoms with Crippen LogP contribution in [-0.2, 0) is 11.3 Å². The van der Waals surface area contributed by atoms with Crippen molar-refractivity contribution in [2.24, 2.45) is 0 Å². The first-order valence-corrected chi connectivity index (χ1v) is 6.91. The van der Waals surface area contributed by atoms with Gasteiger partial charge in [-0.05, 0) is 19.1 Å². The molecule has 0 aliphatic rings. The molecule has 0 aromatic carbocycles. The Balaban J connectivity index is 1.84. The maximum atomic E-state index is 10.4. The molecule has 0 saturated heterocycles. The van der Waals surface area contributed by atoms with Crippen LogP contribution in [0.1, 0.15) is 11.5 Å². The Hall–Kier alpha value is -1.54. The van der Waals surface area contributed by atoms with Gasteiger partial charge in [0, 0.05) is 0 Å². The highest BCUT2D eigenvalue weighted by molar-refractivity contribution is 8.01. The number of carboxylic acid groups (broad SMARTS) is 1. The lowest BCUT2D eigenvalue weighted by molar-refractivity contribution is -0.133. The lowest BCUT2D eigenvalue weighted by Crippen LogP contribution is -1.97. The van der Waals surface area contributed by atoms with Crippen molar-refractivity contribution in [3.8, 4) is 0 Å². The average molecular weight is 285 g/mol. The van der Waals surface area contributed by atoms with Gasteiger partial charge in [0.25, 0.3) is 0 Å². The number of aliphatic carboxylic acids is 1. The topological polar surface area (TPSA) is 88.2 Å². The van der Waals surface area contributed by atoms with Gasteiger partial charge >= 0.3 is 5.97 Å². The van der Waals surface area contributed by atoms with Crippen LogP contribution in [0.5, 0.6) is 0 Å². The van der Waals surface area contributed by atoms with E-state index >= 15 is 0 Å². The number of furan rings is 1. The Morgan fingerprint density at radius 1 is 1.56 bits per heavy atom. The molecule has 0 bridgehead atoms. The van der Waals surface area contributed by atoms with Crippen LogP contribution in [0, 0.1) is 6.92 Å². The maximum Gasteiger partial charge on any atom is 0.313 e. The molecular weight excluding hydrogens is 274 g/mol. The quantitative estimate of drug-likeness (QED) is 0.787. The predicted octanol–water partition coefficient (Wildman–Crippen LogP) is 2.23. The summed E-state index contributed by atoms with van der Waals surface area (Å²) in [5.41, 5.74) is 0. The summed E-state index contributed by atoms with van der Waals surface area (Å²) in [6.45, 7) is 2.42. The summed E-state index contributed by atoms with van der Waals surface area (Å²) in [5, 5.41) is 20.1. The molecule has 2 aromatic heterocycles. The van der Waals surface area contributed by atoms with Crippen LogP contribution < -0.4 is 5.32 Å². The molecule has 0 unspecified atom stereocenters. The van der Waals surface area contributed by atoms with Crippen LogP contribution in [0.25, 0.3) is 0 Å². The van der Waals surface area contributed by atoms with Crippen molar-refractivity contribution in [2.75, 3.05) is 11.1 Å². The van der Waals surface area contributed by atoms with Gasteiger partial charge in [0.15, 0.2) is 4.34 Å². The first kappa shape index (κ1) is 12.9. The summed E-state index contributed by atoms with van der Waals surface area (Å²) >= 11 is 2.48. The van der Waals surface area contributed by atoms with Gasteiger partial charge in [-0.3, -0.25) is 4.79 Å². The monoisotopic (exact) mass is 285 g/mol. The zero-order valence-corrected chi connectivity index (χ0v) is 11.2. The molecular formula is C10H11N3O3S2. The molecule has 2 rings (SSSR count). The fraction of sp³-hybridized carbons (Fsp3) is 0.300. The minimum absolute atomic E-state index is 0.00792. The SMILES string of the molecule is Cc1ccc(CNc2nnc(SCC(=O)O)s2)o1. The first-order chi connectivity index (χ1) is 8.63. The van der Waals surface area contributed by atoms with E-state index in [1.165, 1.54) is 11.3 Å². The van der Waals surface area contributed by atoms with E-state index in [0.717, 1.165) is 23.3 Å². The molecule has 2 heterocycles. The smallest absolute Gasteiger partial charge is 0.313 e.